The summed E-state index contributed by atoms with van der Waals surface area (Å²) in [6, 6.07) is 5.30. The molecule has 2 rings (SSSR count). The van der Waals surface area contributed by atoms with Crippen molar-refractivity contribution in [2.75, 3.05) is 6.61 Å². The molecule has 0 aromatic heterocycles. The van der Waals surface area contributed by atoms with Gasteiger partial charge in [-0.15, -0.1) is 0 Å². The van der Waals surface area contributed by atoms with Crippen LogP contribution in [0.15, 0.2) is 34.5 Å². The second-order valence-electron chi connectivity index (χ2n) is 3.31. The molecule has 0 saturated carbocycles. The van der Waals surface area contributed by atoms with E-state index in [9.17, 15) is 5.11 Å². The highest BCUT2D eigenvalue weighted by atomic mass is 79.9. The van der Waals surface area contributed by atoms with Crippen molar-refractivity contribution in [3.63, 3.8) is 0 Å². The highest BCUT2D eigenvalue weighted by Gasteiger charge is 2.20. The van der Waals surface area contributed by atoms with Crippen LogP contribution in [0.5, 0.6) is 0 Å². The summed E-state index contributed by atoms with van der Waals surface area (Å²) in [7, 11) is 0. The first-order valence-electron chi connectivity index (χ1n) is 4.64. The monoisotopic (exact) mass is 288 g/mol. The zero-order valence-corrected chi connectivity index (χ0v) is 10.3. The molecule has 0 bridgehead atoms. The van der Waals surface area contributed by atoms with Crippen molar-refractivity contribution in [2.24, 2.45) is 0 Å². The molecular weight excluding hydrogens is 279 g/mol. The van der Waals surface area contributed by atoms with E-state index >= 15 is 0 Å². The Bertz CT molecular complexity index is 404. The Labute approximate surface area is 102 Å². The average Bonchev–Trinajstić information content (AvgIpc) is 2.69. The van der Waals surface area contributed by atoms with E-state index in [0.29, 0.717) is 17.4 Å². The molecule has 1 aliphatic rings. The topological polar surface area (TPSA) is 29.5 Å². The van der Waals surface area contributed by atoms with Crippen molar-refractivity contribution in [2.45, 2.75) is 12.5 Å². The smallest absolute Gasteiger partial charge is 0.137 e. The van der Waals surface area contributed by atoms with Gasteiger partial charge < -0.3 is 9.84 Å². The molecule has 0 aliphatic carbocycles. The fourth-order valence-electron chi connectivity index (χ4n) is 1.50. The summed E-state index contributed by atoms with van der Waals surface area (Å²) < 4.78 is 6.10. The molecule has 4 heteroatoms. The van der Waals surface area contributed by atoms with E-state index in [-0.39, 0.29) is 0 Å². The van der Waals surface area contributed by atoms with Crippen LogP contribution in [-0.2, 0) is 4.74 Å². The van der Waals surface area contributed by atoms with Gasteiger partial charge in [-0.05, 0) is 18.2 Å². The molecule has 0 amide bonds. The third-order valence-corrected chi connectivity index (χ3v) is 3.18. The molecule has 1 unspecified atom stereocenters. The quantitative estimate of drug-likeness (QED) is 0.904. The van der Waals surface area contributed by atoms with Gasteiger partial charge in [-0.25, -0.2) is 0 Å². The highest BCUT2D eigenvalue weighted by Crippen LogP contribution is 2.32. The lowest BCUT2D eigenvalue weighted by Gasteiger charge is -2.14. The predicted octanol–water partition coefficient (Wildman–Crippen LogP) is 3.44. The molecular formula is C11H10BrClO2. The molecule has 2 nitrogen and oxygen atoms in total. The van der Waals surface area contributed by atoms with E-state index in [1.807, 2.05) is 6.08 Å². The second-order valence-corrected chi connectivity index (χ2v) is 4.60. The van der Waals surface area contributed by atoms with Gasteiger partial charge in [0, 0.05) is 21.5 Å². The molecule has 80 valence electrons. The summed E-state index contributed by atoms with van der Waals surface area (Å²) in [6.07, 6.45) is 2.06. The minimum atomic E-state index is -0.709. The number of aliphatic hydroxyl groups excluding tert-OH is 1. The van der Waals surface area contributed by atoms with Crippen LogP contribution in [0.3, 0.4) is 0 Å². The van der Waals surface area contributed by atoms with E-state index in [0.717, 1.165) is 16.5 Å². The van der Waals surface area contributed by atoms with E-state index in [1.54, 1.807) is 18.2 Å². The number of aliphatic hydroxyl groups is 1. The van der Waals surface area contributed by atoms with Gasteiger partial charge in [0.2, 0.25) is 0 Å². The lowest BCUT2D eigenvalue weighted by Crippen LogP contribution is -2.03. The standard InChI is InChI=1S/C11H10BrClO2/c12-9-6-7(13)3-4-8(9)11(14)10-2-1-5-15-10/h2-4,6,11,14H,1,5H2. The Morgan fingerprint density at radius 3 is 2.87 bits per heavy atom. The predicted molar refractivity (Wildman–Crippen MR) is 62.8 cm³/mol. The van der Waals surface area contributed by atoms with Crippen LogP contribution in [0.2, 0.25) is 5.02 Å². The maximum atomic E-state index is 10.0. The summed E-state index contributed by atoms with van der Waals surface area (Å²) in [5.74, 6) is 0.623. The van der Waals surface area contributed by atoms with Crippen LogP contribution in [0.1, 0.15) is 18.1 Å². The largest absolute Gasteiger partial charge is 0.495 e. The molecule has 1 aromatic carbocycles. The van der Waals surface area contributed by atoms with Gasteiger partial charge in [-0.1, -0.05) is 33.6 Å². The van der Waals surface area contributed by atoms with Crippen LogP contribution in [0, 0.1) is 0 Å². The number of ether oxygens (including phenoxy) is 1. The molecule has 0 saturated heterocycles. The SMILES string of the molecule is OC(C1=CCCO1)c1ccc(Cl)cc1Br. The Morgan fingerprint density at radius 1 is 1.47 bits per heavy atom. The van der Waals surface area contributed by atoms with Gasteiger partial charge >= 0.3 is 0 Å². The summed E-state index contributed by atoms with van der Waals surface area (Å²) in [5, 5.41) is 10.7. The average molecular weight is 290 g/mol. The van der Waals surface area contributed by atoms with E-state index in [2.05, 4.69) is 15.9 Å². The Balaban J connectivity index is 2.28. The molecule has 1 heterocycles. The Morgan fingerprint density at radius 2 is 2.27 bits per heavy atom. The van der Waals surface area contributed by atoms with Crippen LogP contribution in [0.4, 0.5) is 0 Å². The van der Waals surface area contributed by atoms with Gasteiger partial charge in [-0.3, -0.25) is 0 Å². The lowest BCUT2D eigenvalue weighted by atomic mass is 10.1. The lowest BCUT2D eigenvalue weighted by molar-refractivity contribution is 0.118. The van der Waals surface area contributed by atoms with Crippen LogP contribution < -0.4 is 0 Å². The van der Waals surface area contributed by atoms with Crippen molar-refractivity contribution in [3.05, 3.63) is 45.1 Å². The third-order valence-electron chi connectivity index (χ3n) is 2.26. The molecule has 1 N–H and O–H groups in total. The molecule has 1 atom stereocenters. The van der Waals surface area contributed by atoms with Gasteiger partial charge in [0.05, 0.1) is 6.61 Å². The maximum absolute atomic E-state index is 10.0. The fraction of sp³-hybridized carbons (Fsp3) is 0.273. The van der Waals surface area contributed by atoms with Crippen LogP contribution in [0.25, 0.3) is 0 Å². The third kappa shape index (κ3) is 2.36. The van der Waals surface area contributed by atoms with Crippen molar-refractivity contribution in [1.82, 2.24) is 0 Å². The van der Waals surface area contributed by atoms with Crippen molar-refractivity contribution in [3.8, 4) is 0 Å². The fourth-order valence-corrected chi connectivity index (χ4v) is 2.40. The number of hydrogen-bond acceptors (Lipinski definition) is 2. The van der Waals surface area contributed by atoms with Crippen LogP contribution >= 0.6 is 27.5 Å². The van der Waals surface area contributed by atoms with Gasteiger partial charge in [0.15, 0.2) is 0 Å². The normalized spacial score (nSPS) is 17.1. The molecule has 15 heavy (non-hydrogen) atoms. The summed E-state index contributed by atoms with van der Waals surface area (Å²) in [4.78, 5) is 0. The number of rotatable bonds is 2. The first-order chi connectivity index (χ1) is 7.18. The number of halogens is 2. The second kappa shape index (κ2) is 4.56. The summed E-state index contributed by atoms with van der Waals surface area (Å²) in [5.41, 5.74) is 0.771. The highest BCUT2D eigenvalue weighted by molar-refractivity contribution is 9.10. The van der Waals surface area contributed by atoms with Gasteiger partial charge in [0.1, 0.15) is 11.9 Å². The first kappa shape index (κ1) is 11.0. The van der Waals surface area contributed by atoms with Crippen molar-refractivity contribution >= 4 is 27.5 Å². The minimum Gasteiger partial charge on any atom is -0.495 e. The van der Waals surface area contributed by atoms with E-state index in [4.69, 9.17) is 16.3 Å². The Kier molecular flexibility index (Phi) is 3.34. The first-order valence-corrected chi connectivity index (χ1v) is 5.81. The number of benzene rings is 1. The molecule has 1 aliphatic heterocycles. The minimum absolute atomic E-state index is 0.623. The van der Waals surface area contributed by atoms with E-state index < -0.39 is 6.10 Å². The summed E-state index contributed by atoms with van der Waals surface area (Å²) >= 11 is 9.19. The van der Waals surface area contributed by atoms with Crippen LogP contribution in [-0.4, -0.2) is 11.7 Å². The molecule has 1 aromatic rings. The van der Waals surface area contributed by atoms with Crippen molar-refractivity contribution in [1.29, 1.82) is 0 Å². The van der Waals surface area contributed by atoms with Crippen molar-refractivity contribution < 1.29 is 9.84 Å². The van der Waals surface area contributed by atoms with E-state index in [1.165, 1.54) is 0 Å². The Hall–Kier alpha value is -0.510. The zero-order valence-electron chi connectivity index (χ0n) is 7.91. The van der Waals surface area contributed by atoms with Gasteiger partial charge in [-0.2, -0.15) is 0 Å². The summed E-state index contributed by atoms with van der Waals surface area (Å²) in [6.45, 7) is 0.650. The number of hydrogen-bond donors (Lipinski definition) is 1. The zero-order chi connectivity index (χ0) is 10.8. The molecule has 0 fully saturated rings. The maximum Gasteiger partial charge on any atom is 0.137 e. The molecule has 0 radical (unpaired) electrons. The molecule has 0 spiro atoms. The van der Waals surface area contributed by atoms with Gasteiger partial charge in [0.25, 0.3) is 0 Å².